The second-order valence-corrected chi connectivity index (χ2v) is 10.4. The molecule has 0 radical (unpaired) electrons. The van der Waals surface area contributed by atoms with E-state index in [1.807, 2.05) is 24.3 Å². The summed E-state index contributed by atoms with van der Waals surface area (Å²) >= 11 is 0. The molecule has 0 spiro atoms. The molecule has 2 aromatic carbocycles. The fourth-order valence-electron chi connectivity index (χ4n) is 5.76. The van der Waals surface area contributed by atoms with Crippen molar-refractivity contribution in [2.45, 2.75) is 63.5 Å². The number of esters is 2. The van der Waals surface area contributed by atoms with Crippen molar-refractivity contribution < 1.29 is 28.7 Å². The van der Waals surface area contributed by atoms with E-state index < -0.39 is 0 Å². The monoisotopic (exact) mass is 518 g/mol. The average molecular weight is 519 g/mol. The van der Waals surface area contributed by atoms with E-state index in [0.29, 0.717) is 11.1 Å². The number of rotatable bonds is 9. The van der Waals surface area contributed by atoms with E-state index in [0.717, 1.165) is 73.9 Å². The number of carbonyl (C=O) groups excluding carboxylic acids is 4. The lowest BCUT2D eigenvalue weighted by Gasteiger charge is -2.16. The molecule has 2 aliphatic heterocycles. The Hall–Kier alpha value is -3.36. The molecule has 2 saturated heterocycles. The Labute approximate surface area is 222 Å². The summed E-state index contributed by atoms with van der Waals surface area (Å²) in [7, 11) is 0. The van der Waals surface area contributed by atoms with Crippen LogP contribution in [0.2, 0.25) is 0 Å². The summed E-state index contributed by atoms with van der Waals surface area (Å²) < 4.78 is 10.5. The van der Waals surface area contributed by atoms with Gasteiger partial charge in [0.05, 0.1) is 0 Å². The molecule has 5 rings (SSSR count). The molecule has 8 nitrogen and oxygen atoms in total. The zero-order chi connectivity index (χ0) is 26.6. The van der Waals surface area contributed by atoms with Crippen molar-refractivity contribution in [3.8, 4) is 11.1 Å². The van der Waals surface area contributed by atoms with Gasteiger partial charge in [-0.2, -0.15) is 0 Å². The Morgan fingerprint density at radius 2 is 1.39 bits per heavy atom. The maximum atomic E-state index is 13.1. The second-order valence-electron chi connectivity index (χ2n) is 10.4. The van der Waals surface area contributed by atoms with Crippen LogP contribution in [0, 0.1) is 0 Å². The number of fused-ring (bicyclic) bond motifs is 1. The molecule has 38 heavy (non-hydrogen) atoms. The van der Waals surface area contributed by atoms with Gasteiger partial charge in [0.25, 0.3) is 0 Å². The third-order valence-electron chi connectivity index (χ3n) is 7.88. The quantitative estimate of drug-likeness (QED) is 0.384. The third-order valence-corrected chi connectivity index (χ3v) is 7.88. The van der Waals surface area contributed by atoms with Crippen LogP contribution in [0.4, 0.5) is 0 Å². The van der Waals surface area contributed by atoms with Crippen LogP contribution in [0.1, 0.15) is 76.8 Å². The standard InChI is InChI=1S/C30H34N2O6/c1-18-6-11-22-21(12-13-23(28(18)22)27(34)17-38-30(36)25-5-3-15-32-25)19-7-9-20(10-8-19)26(33)16-37-29(35)24-4-2-14-31-24/h7-10,12-13,18,24-25,31-32H,2-6,11,14-17H2,1H3. The summed E-state index contributed by atoms with van der Waals surface area (Å²) in [5.41, 5.74) is 5.24. The summed E-state index contributed by atoms with van der Waals surface area (Å²) in [5, 5.41) is 6.17. The Bertz CT molecular complexity index is 1230. The maximum absolute atomic E-state index is 13.1. The number of hydrogen-bond acceptors (Lipinski definition) is 8. The van der Waals surface area contributed by atoms with Gasteiger partial charge in [-0.15, -0.1) is 0 Å². The first-order valence-electron chi connectivity index (χ1n) is 13.5. The van der Waals surface area contributed by atoms with Crippen LogP contribution in [0.5, 0.6) is 0 Å². The number of Topliss-reactive ketones (excluding diaryl/α,β-unsaturated/α-hetero) is 2. The van der Waals surface area contributed by atoms with E-state index in [4.69, 9.17) is 9.47 Å². The number of ether oxygens (including phenoxy) is 2. The molecule has 2 fully saturated rings. The van der Waals surface area contributed by atoms with Crippen molar-refractivity contribution in [1.29, 1.82) is 0 Å². The molecule has 0 bridgehead atoms. The fraction of sp³-hybridized carbons (Fsp3) is 0.467. The van der Waals surface area contributed by atoms with Gasteiger partial charge in [0, 0.05) is 11.1 Å². The van der Waals surface area contributed by atoms with Crippen molar-refractivity contribution in [3.05, 3.63) is 58.7 Å². The van der Waals surface area contributed by atoms with Gasteiger partial charge in [0.1, 0.15) is 12.1 Å². The first kappa shape index (κ1) is 26.3. The summed E-state index contributed by atoms with van der Waals surface area (Å²) in [6, 6.07) is 10.4. The number of nitrogens with one attached hydrogen (secondary N) is 2. The van der Waals surface area contributed by atoms with Crippen LogP contribution in [0.15, 0.2) is 36.4 Å². The number of ketones is 2. The van der Waals surface area contributed by atoms with Gasteiger partial charge in [-0.1, -0.05) is 43.3 Å². The molecule has 0 aromatic heterocycles. The molecule has 3 aliphatic rings. The highest BCUT2D eigenvalue weighted by molar-refractivity contribution is 6.01. The fourth-order valence-corrected chi connectivity index (χ4v) is 5.76. The van der Waals surface area contributed by atoms with Crippen molar-refractivity contribution in [2.75, 3.05) is 26.3 Å². The van der Waals surface area contributed by atoms with Crippen LogP contribution in [0.25, 0.3) is 11.1 Å². The van der Waals surface area contributed by atoms with Gasteiger partial charge < -0.3 is 20.1 Å². The topological polar surface area (TPSA) is 111 Å². The molecule has 200 valence electrons. The van der Waals surface area contributed by atoms with Gasteiger partial charge in [0.2, 0.25) is 5.78 Å². The van der Waals surface area contributed by atoms with Crippen LogP contribution in [-0.2, 0) is 25.5 Å². The Morgan fingerprint density at radius 3 is 1.97 bits per heavy atom. The van der Waals surface area contributed by atoms with Gasteiger partial charge in [-0.05, 0) is 79.8 Å². The lowest BCUT2D eigenvalue weighted by molar-refractivity contribution is -0.145. The number of hydrogen-bond donors (Lipinski definition) is 2. The van der Waals surface area contributed by atoms with E-state index in [9.17, 15) is 19.2 Å². The van der Waals surface area contributed by atoms with E-state index in [-0.39, 0.29) is 54.7 Å². The molecule has 0 amide bonds. The summed E-state index contributed by atoms with van der Waals surface area (Å²) in [6.45, 7) is 3.17. The minimum atomic E-state index is -0.378. The molecular weight excluding hydrogens is 484 g/mol. The van der Waals surface area contributed by atoms with Gasteiger partial charge >= 0.3 is 11.9 Å². The van der Waals surface area contributed by atoms with Crippen molar-refractivity contribution in [1.82, 2.24) is 10.6 Å². The lowest BCUT2D eigenvalue weighted by atomic mass is 9.89. The second kappa shape index (κ2) is 11.6. The molecule has 3 unspecified atom stereocenters. The normalized spacial score (nSPS) is 22.2. The molecule has 2 heterocycles. The van der Waals surface area contributed by atoms with Gasteiger partial charge in [0.15, 0.2) is 19.0 Å². The highest BCUT2D eigenvalue weighted by atomic mass is 16.5. The smallest absolute Gasteiger partial charge is 0.323 e. The largest absolute Gasteiger partial charge is 0.456 e. The van der Waals surface area contributed by atoms with Crippen LogP contribution in [-0.4, -0.2) is 61.9 Å². The zero-order valence-electron chi connectivity index (χ0n) is 21.7. The predicted molar refractivity (Wildman–Crippen MR) is 141 cm³/mol. The molecule has 0 saturated carbocycles. The van der Waals surface area contributed by atoms with Gasteiger partial charge in [-0.3, -0.25) is 19.2 Å². The maximum Gasteiger partial charge on any atom is 0.323 e. The molecule has 1 aliphatic carbocycles. The molecule has 2 N–H and O–H groups in total. The number of carbonyl (C=O) groups is 4. The highest BCUT2D eigenvalue weighted by Crippen LogP contribution is 2.41. The van der Waals surface area contributed by atoms with Crippen LogP contribution >= 0.6 is 0 Å². The van der Waals surface area contributed by atoms with E-state index in [1.165, 1.54) is 0 Å². The van der Waals surface area contributed by atoms with Crippen LogP contribution < -0.4 is 10.6 Å². The zero-order valence-corrected chi connectivity index (χ0v) is 21.7. The summed E-state index contributed by atoms with van der Waals surface area (Å²) in [6.07, 6.45) is 5.12. The molecular formula is C30H34N2O6. The summed E-state index contributed by atoms with van der Waals surface area (Å²) in [5.74, 6) is -0.948. The van der Waals surface area contributed by atoms with E-state index in [1.54, 1.807) is 12.1 Å². The van der Waals surface area contributed by atoms with Crippen molar-refractivity contribution >= 4 is 23.5 Å². The summed E-state index contributed by atoms with van der Waals surface area (Å²) in [4.78, 5) is 50.0. The molecule has 3 atom stereocenters. The first-order chi connectivity index (χ1) is 18.4. The van der Waals surface area contributed by atoms with Crippen molar-refractivity contribution in [3.63, 3.8) is 0 Å². The Balaban J connectivity index is 1.26. The Kier molecular flexibility index (Phi) is 8.00. The minimum Gasteiger partial charge on any atom is -0.456 e. The van der Waals surface area contributed by atoms with Crippen LogP contribution in [0.3, 0.4) is 0 Å². The average Bonchev–Trinajstić information content (AvgIpc) is 3.73. The highest BCUT2D eigenvalue weighted by Gasteiger charge is 2.29. The third kappa shape index (κ3) is 5.56. The minimum absolute atomic E-state index is 0.184. The molecule has 8 heteroatoms. The van der Waals surface area contributed by atoms with Gasteiger partial charge in [-0.25, -0.2) is 0 Å². The number of benzene rings is 2. The first-order valence-corrected chi connectivity index (χ1v) is 13.5. The molecule has 2 aromatic rings. The predicted octanol–water partition coefficient (Wildman–Crippen LogP) is 3.36. The Morgan fingerprint density at radius 1 is 0.789 bits per heavy atom. The van der Waals surface area contributed by atoms with Crippen molar-refractivity contribution in [2.24, 2.45) is 0 Å². The SMILES string of the molecule is CC1CCc2c(-c3ccc(C(=O)COC(=O)C4CCCN4)cc3)ccc(C(=O)COC(=O)C3CCCN3)c21. The van der Waals surface area contributed by atoms with E-state index >= 15 is 0 Å². The lowest BCUT2D eigenvalue weighted by Crippen LogP contribution is -2.33. The van der Waals surface area contributed by atoms with E-state index in [2.05, 4.69) is 17.6 Å².